The number of halogens is 1. The zero-order chi connectivity index (χ0) is 26.6. The lowest BCUT2D eigenvalue weighted by Crippen LogP contribution is -2.68. The second kappa shape index (κ2) is 11.2. The van der Waals surface area contributed by atoms with E-state index in [0.29, 0.717) is 16.2 Å². The molecule has 0 bridgehead atoms. The van der Waals surface area contributed by atoms with Crippen LogP contribution in [0.25, 0.3) is 0 Å². The van der Waals surface area contributed by atoms with Crippen LogP contribution in [0.1, 0.15) is 26.6 Å². The molecule has 36 heavy (non-hydrogen) atoms. The summed E-state index contributed by atoms with van der Waals surface area (Å²) in [5, 5.41) is 4.40. The predicted octanol–water partition coefficient (Wildman–Crippen LogP) is -0.780. The summed E-state index contributed by atoms with van der Waals surface area (Å²) in [4.78, 5) is 21.6. The number of hydrogen-bond acceptors (Lipinski definition) is 7. The number of benzene rings is 3. The molecule has 0 fully saturated rings. The minimum Gasteiger partial charge on any atom is -0.307 e. The fraction of sp³-hybridized carbons (Fsp3) is 0.154. The molecule has 0 aliphatic carbocycles. The van der Waals surface area contributed by atoms with Crippen LogP contribution in [0.4, 0.5) is 0 Å². The van der Waals surface area contributed by atoms with Crippen molar-refractivity contribution in [2.24, 2.45) is 0 Å². The van der Waals surface area contributed by atoms with Crippen molar-refractivity contribution in [2.75, 3.05) is 0 Å². The second-order valence-electron chi connectivity index (χ2n) is 8.89. The lowest BCUT2D eigenvalue weighted by atomic mass is 9.96. The lowest BCUT2D eigenvalue weighted by molar-refractivity contribution is -2.00. The molecule has 0 spiro atoms. The number of rotatable bonds is 4. The summed E-state index contributed by atoms with van der Waals surface area (Å²) in [6, 6.07) is 30.8. The van der Waals surface area contributed by atoms with Gasteiger partial charge in [0, 0.05) is 5.41 Å². The molecule has 1 aromatic heterocycles. The van der Waals surface area contributed by atoms with Crippen molar-refractivity contribution >= 4 is 41.1 Å². The van der Waals surface area contributed by atoms with E-state index >= 15 is 0 Å². The highest BCUT2D eigenvalue weighted by Crippen LogP contribution is 2.54. The van der Waals surface area contributed by atoms with Crippen molar-refractivity contribution < 1.29 is 28.9 Å². The monoisotopic (exact) mass is 544 g/mol. The predicted molar refractivity (Wildman–Crippen MR) is 136 cm³/mol. The Hall–Kier alpha value is -2.55. The molecule has 0 aliphatic heterocycles. The van der Waals surface area contributed by atoms with Crippen molar-refractivity contribution in [3.8, 4) is 0 Å². The van der Waals surface area contributed by atoms with Crippen LogP contribution in [0.5, 0.6) is 0 Å². The Morgan fingerprint density at radius 1 is 0.750 bits per heavy atom. The van der Waals surface area contributed by atoms with Gasteiger partial charge in [0.2, 0.25) is 5.30 Å². The van der Waals surface area contributed by atoms with Gasteiger partial charge in [-0.15, -0.1) is 22.9 Å². The first-order valence-electron chi connectivity index (χ1n) is 10.9. The number of nitrogens with one attached hydrogen (secondary N) is 1. The summed E-state index contributed by atoms with van der Waals surface area (Å²) in [6.45, 7) is 6.10. The van der Waals surface area contributed by atoms with Crippen molar-refractivity contribution in [3.63, 3.8) is 0 Å². The Bertz CT molecular complexity index is 1240. The van der Waals surface area contributed by atoms with Gasteiger partial charge in [0.1, 0.15) is 26.8 Å². The second-order valence-corrected chi connectivity index (χ2v) is 13.4. The van der Waals surface area contributed by atoms with Gasteiger partial charge < -0.3 is 4.98 Å². The van der Waals surface area contributed by atoms with E-state index in [9.17, 15) is 4.79 Å². The third kappa shape index (κ3) is 6.41. The minimum absolute atomic E-state index is 0.130. The molecule has 188 valence electrons. The zero-order valence-corrected chi connectivity index (χ0v) is 22.5. The maximum atomic E-state index is 13.8. The van der Waals surface area contributed by atoms with E-state index in [4.69, 9.17) is 36.2 Å². The molecular weight excluding hydrogens is 519 g/mol. The van der Waals surface area contributed by atoms with Gasteiger partial charge in [-0.1, -0.05) is 75.4 Å². The molecule has 0 amide bonds. The first kappa shape index (κ1) is 28.0. The van der Waals surface area contributed by atoms with Gasteiger partial charge in [0.05, 0.1) is 0 Å². The number of thiol groups is 1. The summed E-state index contributed by atoms with van der Waals surface area (Å²) >= 11 is 4.81. The molecule has 0 atom stereocenters. The van der Waals surface area contributed by atoms with Gasteiger partial charge in [-0.3, -0.25) is 4.79 Å². The van der Waals surface area contributed by atoms with E-state index < -0.39 is 17.5 Å². The summed E-state index contributed by atoms with van der Waals surface area (Å²) in [5.41, 5.74) is -0.419. The summed E-state index contributed by atoms with van der Waals surface area (Å²) < 4.78 is 34.0. The highest BCUT2D eigenvalue weighted by Gasteiger charge is 2.51. The molecule has 7 nitrogen and oxygen atoms in total. The highest BCUT2D eigenvalue weighted by atomic mass is 35.7. The number of aromatic nitrogens is 2. The van der Waals surface area contributed by atoms with E-state index in [1.165, 1.54) is 0 Å². The molecule has 1 heterocycles. The van der Waals surface area contributed by atoms with Crippen LogP contribution < -0.4 is 45.4 Å². The Morgan fingerprint density at radius 3 is 1.36 bits per heavy atom. The molecular formula is C26H26ClN2O5PS. The topological polar surface area (TPSA) is 138 Å². The van der Waals surface area contributed by atoms with Crippen molar-refractivity contribution in [1.29, 1.82) is 0 Å². The van der Waals surface area contributed by atoms with Crippen LogP contribution in [0.15, 0.2) is 101 Å². The van der Waals surface area contributed by atoms with Gasteiger partial charge >= 0.3 is 0 Å². The molecule has 1 N–H and O–H groups in total. The van der Waals surface area contributed by atoms with Crippen LogP contribution >= 0.6 is 19.9 Å². The minimum atomic E-state index is -4.94. The maximum Gasteiger partial charge on any atom is 0.295 e. The molecule has 4 aromatic rings. The standard InChI is InChI=1S/C26H25N2OPS.ClHO4/c1-26(2,3)25-27-23(29)22(24(31)28-25)30(19-13-7-4-8-14-19,20-15-9-5-10-16-20)21-17-11-6-12-18-21;2-1(3,4)5/h4-18H,1-3H3,(H-,27,28,29,31);(H,2,3,4,5). The van der Waals surface area contributed by atoms with Crippen LogP contribution in [0.3, 0.4) is 0 Å². The van der Waals surface area contributed by atoms with Gasteiger partial charge in [0.25, 0.3) is 5.56 Å². The molecule has 3 aromatic carbocycles. The number of H-pyrrole nitrogens is 1. The van der Waals surface area contributed by atoms with Crippen LogP contribution in [0, 0.1) is 10.2 Å². The third-order valence-electron chi connectivity index (χ3n) is 5.35. The molecule has 10 heteroatoms. The van der Waals surface area contributed by atoms with Gasteiger partial charge in [-0.25, -0.2) is 23.6 Å². The fourth-order valence-electron chi connectivity index (χ4n) is 3.90. The molecule has 0 aliphatic rings. The smallest absolute Gasteiger partial charge is 0.295 e. The Kier molecular flexibility index (Phi) is 8.75. The average Bonchev–Trinajstić information content (AvgIpc) is 2.81. The molecule has 0 saturated heterocycles. The zero-order valence-electron chi connectivity index (χ0n) is 19.9. The summed E-state index contributed by atoms with van der Waals surface area (Å²) in [6.07, 6.45) is 0. The van der Waals surface area contributed by atoms with Gasteiger partial charge in [-0.05, 0) is 36.4 Å². The molecule has 0 radical (unpaired) electrons. The number of nitrogens with zero attached hydrogens (tertiary/aromatic N) is 1. The van der Waals surface area contributed by atoms with Crippen LogP contribution in [-0.4, -0.2) is 9.97 Å². The Balaban J connectivity index is 0.000000658. The van der Waals surface area contributed by atoms with E-state index in [1.54, 1.807) is 0 Å². The molecule has 0 saturated carbocycles. The van der Waals surface area contributed by atoms with Crippen molar-refractivity contribution in [2.45, 2.75) is 31.2 Å². The van der Waals surface area contributed by atoms with Crippen LogP contribution in [0.2, 0.25) is 0 Å². The normalized spacial score (nSPS) is 12.0. The Morgan fingerprint density at radius 2 is 1.08 bits per heavy atom. The summed E-state index contributed by atoms with van der Waals surface area (Å²) in [5.74, 6) is 0.638. The van der Waals surface area contributed by atoms with Crippen molar-refractivity contribution in [3.05, 3.63) is 107 Å². The van der Waals surface area contributed by atoms with Crippen LogP contribution in [-0.2, 0) is 5.41 Å². The van der Waals surface area contributed by atoms with Gasteiger partial charge in [-0.2, -0.15) is 0 Å². The van der Waals surface area contributed by atoms with E-state index in [0.717, 1.165) is 15.9 Å². The average molecular weight is 545 g/mol. The largest absolute Gasteiger partial charge is 0.307 e. The molecule has 4 rings (SSSR count). The first-order chi connectivity index (χ1) is 16.8. The van der Waals surface area contributed by atoms with Gasteiger partial charge in [0.15, 0.2) is 7.26 Å². The third-order valence-corrected chi connectivity index (χ3v) is 10.2. The highest BCUT2D eigenvalue weighted by molar-refractivity contribution is 8.02. The number of aromatic amines is 1. The fourth-order valence-corrected chi connectivity index (χ4v) is 8.79. The number of hydrogen-bond donors (Lipinski definition) is 2. The van der Waals surface area contributed by atoms with Crippen molar-refractivity contribution in [1.82, 2.24) is 9.97 Å². The Labute approximate surface area is 218 Å². The van der Waals surface area contributed by atoms with E-state index in [2.05, 4.69) is 41.4 Å². The summed E-state index contributed by atoms with van der Waals surface area (Å²) in [7, 11) is -7.48. The lowest BCUT2D eigenvalue weighted by Gasteiger charge is -2.28. The molecule has 0 unspecified atom stereocenters. The SMILES string of the molecule is CC(C)(C)c1nc(S)c([P+](c2ccccc2)(c2ccccc2)c2ccccc2)c(=O)[nH]1.[O-][Cl+3]([O-])([O-])[O-]. The van der Waals surface area contributed by atoms with E-state index in [-0.39, 0.29) is 11.0 Å². The first-order valence-corrected chi connectivity index (χ1v) is 14.3. The maximum absolute atomic E-state index is 13.8. The quantitative estimate of drug-likeness (QED) is 0.196. The van der Waals surface area contributed by atoms with E-state index in [1.807, 2.05) is 75.4 Å².